The van der Waals surface area contributed by atoms with Gasteiger partial charge >= 0.3 is 73.5 Å². The molecule has 0 aliphatic carbocycles. The number of methoxy groups -OCH3 is 1. The zero-order chi connectivity index (χ0) is 8.10. The van der Waals surface area contributed by atoms with Crippen LogP contribution in [0, 0.1) is 0 Å². The Morgan fingerprint density at radius 2 is 1.91 bits per heavy atom. The summed E-state index contributed by atoms with van der Waals surface area (Å²) >= 11 is 0.645. The van der Waals surface area contributed by atoms with E-state index in [1.807, 2.05) is 12.1 Å². The molecule has 2 heteroatoms. The van der Waals surface area contributed by atoms with Crippen LogP contribution in [-0.4, -0.2) is 22.1 Å². The molecule has 0 aromatic heterocycles. The van der Waals surface area contributed by atoms with E-state index in [0.717, 1.165) is 5.75 Å². The van der Waals surface area contributed by atoms with Gasteiger partial charge in [-0.15, -0.1) is 0 Å². The fraction of sp³-hybridized carbons (Fsp3) is 0.333. The third kappa shape index (κ3) is 2.57. The molecule has 0 bridgehead atoms. The van der Waals surface area contributed by atoms with E-state index in [-0.39, 0.29) is 0 Å². The zero-order valence-electron chi connectivity index (χ0n) is 6.83. The van der Waals surface area contributed by atoms with Gasteiger partial charge in [0.2, 0.25) is 0 Å². The normalized spacial score (nSPS) is 9.64. The van der Waals surface area contributed by atoms with Crippen LogP contribution < -0.4 is 9.20 Å². The van der Waals surface area contributed by atoms with Gasteiger partial charge in [-0.3, -0.25) is 0 Å². The van der Waals surface area contributed by atoms with Gasteiger partial charge in [-0.05, 0) is 0 Å². The van der Waals surface area contributed by atoms with Gasteiger partial charge in [0.1, 0.15) is 0 Å². The van der Waals surface area contributed by atoms with Gasteiger partial charge in [0.25, 0.3) is 0 Å². The number of hydrogen-bond acceptors (Lipinski definition) is 1. The van der Waals surface area contributed by atoms with E-state index in [4.69, 9.17) is 4.74 Å². The van der Waals surface area contributed by atoms with Crippen LogP contribution in [-0.2, 0) is 0 Å². The first kappa shape index (κ1) is 8.63. The molecule has 0 spiro atoms. The second-order valence-corrected chi connectivity index (χ2v) is 4.91. The van der Waals surface area contributed by atoms with Crippen molar-refractivity contribution in [3.63, 3.8) is 0 Å². The second kappa shape index (κ2) is 4.42. The fourth-order valence-corrected chi connectivity index (χ4v) is 2.23. The van der Waals surface area contributed by atoms with Gasteiger partial charge in [-0.25, -0.2) is 0 Å². The average molecular weight is 215 g/mol. The summed E-state index contributed by atoms with van der Waals surface area (Å²) in [6.45, 7) is 2.21. The molecule has 1 nitrogen and oxygen atoms in total. The second-order valence-electron chi connectivity index (χ2n) is 2.11. The van der Waals surface area contributed by atoms with E-state index in [1.165, 1.54) is 9.78 Å². The third-order valence-electron chi connectivity index (χ3n) is 1.37. The summed E-state index contributed by atoms with van der Waals surface area (Å²) < 4.78 is 6.50. The molecule has 0 saturated carbocycles. The third-order valence-corrected chi connectivity index (χ3v) is 3.25. The maximum atomic E-state index is 5.05. The Morgan fingerprint density at radius 1 is 1.27 bits per heavy atom. The SMILES string of the molecule is CC[Se]c1ccc(OC)cc1. The van der Waals surface area contributed by atoms with E-state index < -0.39 is 0 Å². The quantitative estimate of drug-likeness (QED) is 0.693. The van der Waals surface area contributed by atoms with Gasteiger partial charge in [-0.2, -0.15) is 0 Å². The van der Waals surface area contributed by atoms with Crippen molar-refractivity contribution >= 4 is 19.4 Å². The summed E-state index contributed by atoms with van der Waals surface area (Å²) in [6, 6.07) is 8.32. The Bertz CT molecular complexity index is 205. The van der Waals surface area contributed by atoms with Gasteiger partial charge in [-0.1, -0.05) is 0 Å². The summed E-state index contributed by atoms with van der Waals surface area (Å²) in [7, 11) is 1.69. The molecule has 1 aromatic carbocycles. The molecule has 0 aliphatic heterocycles. The van der Waals surface area contributed by atoms with Gasteiger partial charge in [0, 0.05) is 0 Å². The Morgan fingerprint density at radius 3 is 2.36 bits per heavy atom. The molecule has 0 aliphatic rings. The Kier molecular flexibility index (Phi) is 3.47. The van der Waals surface area contributed by atoms with Gasteiger partial charge < -0.3 is 0 Å². The van der Waals surface area contributed by atoms with E-state index in [1.54, 1.807) is 7.11 Å². The van der Waals surface area contributed by atoms with E-state index in [0.29, 0.717) is 15.0 Å². The van der Waals surface area contributed by atoms with Crippen LogP contribution in [0.3, 0.4) is 0 Å². The summed E-state index contributed by atoms with van der Waals surface area (Å²) in [5.74, 6) is 0.945. The van der Waals surface area contributed by atoms with Gasteiger partial charge in [0.05, 0.1) is 0 Å². The van der Waals surface area contributed by atoms with Crippen molar-refractivity contribution in [1.29, 1.82) is 0 Å². The van der Waals surface area contributed by atoms with Crippen LogP contribution >= 0.6 is 0 Å². The molecule has 1 aromatic rings. The summed E-state index contributed by atoms with van der Waals surface area (Å²) in [5.41, 5.74) is 0. The van der Waals surface area contributed by atoms with Crippen LogP contribution in [0.4, 0.5) is 0 Å². The van der Waals surface area contributed by atoms with Crippen molar-refractivity contribution in [3.05, 3.63) is 24.3 Å². The first-order valence-electron chi connectivity index (χ1n) is 3.63. The molecule has 0 saturated heterocycles. The van der Waals surface area contributed by atoms with Crippen LogP contribution in [0.15, 0.2) is 24.3 Å². The fourth-order valence-electron chi connectivity index (χ4n) is 0.839. The van der Waals surface area contributed by atoms with E-state index in [2.05, 4.69) is 19.1 Å². The molecule has 0 fully saturated rings. The molecular formula is C9H12OSe. The number of benzene rings is 1. The van der Waals surface area contributed by atoms with Crippen LogP contribution in [0.1, 0.15) is 6.92 Å². The molecule has 0 N–H and O–H groups in total. The average Bonchev–Trinajstić information content (AvgIpc) is 2.07. The topological polar surface area (TPSA) is 9.23 Å². The van der Waals surface area contributed by atoms with Crippen LogP contribution in [0.25, 0.3) is 0 Å². The van der Waals surface area contributed by atoms with Crippen molar-refractivity contribution in [3.8, 4) is 5.75 Å². The maximum absolute atomic E-state index is 5.05. The minimum atomic E-state index is 0.645. The summed E-state index contributed by atoms with van der Waals surface area (Å²) in [6.07, 6.45) is 0. The summed E-state index contributed by atoms with van der Waals surface area (Å²) in [4.78, 5) is 0. The first-order chi connectivity index (χ1) is 5.36. The van der Waals surface area contributed by atoms with Gasteiger partial charge in [0.15, 0.2) is 0 Å². The molecule has 0 unspecified atom stereocenters. The molecular weight excluding hydrogens is 203 g/mol. The standard InChI is InChI=1S/C9H12OSe/c1-3-11-9-6-4-8(10-2)5-7-9/h4-7H,3H2,1-2H3. The number of ether oxygens (including phenoxy) is 1. The predicted octanol–water partition coefficient (Wildman–Crippen LogP) is 1.46. The predicted molar refractivity (Wildman–Crippen MR) is 48.9 cm³/mol. The van der Waals surface area contributed by atoms with Crippen LogP contribution in [0.2, 0.25) is 5.32 Å². The minimum absolute atomic E-state index is 0.645. The molecule has 11 heavy (non-hydrogen) atoms. The van der Waals surface area contributed by atoms with Crippen LogP contribution in [0.5, 0.6) is 5.75 Å². The number of hydrogen-bond donors (Lipinski definition) is 0. The molecule has 0 heterocycles. The monoisotopic (exact) mass is 216 g/mol. The first-order valence-corrected chi connectivity index (χ1v) is 5.70. The Hall–Kier alpha value is -0.461. The molecule has 60 valence electrons. The van der Waals surface area contributed by atoms with Crippen molar-refractivity contribution in [2.24, 2.45) is 0 Å². The Labute approximate surface area is 73.9 Å². The van der Waals surface area contributed by atoms with E-state index >= 15 is 0 Å². The Balaban J connectivity index is 2.66. The summed E-state index contributed by atoms with van der Waals surface area (Å²) in [5, 5.41) is 1.26. The molecule has 0 radical (unpaired) electrons. The molecule has 0 amide bonds. The van der Waals surface area contributed by atoms with Crippen molar-refractivity contribution in [2.45, 2.75) is 12.2 Å². The number of rotatable bonds is 3. The van der Waals surface area contributed by atoms with Crippen molar-refractivity contribution < 1.29 is 4.74 Å². The molecule has 1 rings (SSSR count). The molecule has 0 atom stereocenters. The zero-order valence-corrected chi connectivity index (χ0v) is 8.55. The van der Waals surface area contributed by atoms with Crippen molar-refractivity contribution in [1.82, 2.24) is 0 Å². The van der Waals surface area contributed by atoms with Crippen molar-refractivity contribution in [2.75, 3.05) is 7.11 Å². The van der Waals surface area contributed by atoms with E-state index in [9.17, 15) is 0 Å².